The van der Waals surface area contributed by atoms with Crippen molar-refractivity contribution < 1.29 is 4.42 Å². The summed E-state index contributed by atoms with van der Waals surface area (Å²) < 4.78 is 5.90. The number of rotatable bonds is 3. The standard InChI is InChI=1S/C14H18ClNO/c1-5-16-7-12-9(3)13-10(4)14(15)8(2)6-11(13)17-12/h6,16H,5,7H2,1-4H3. The number of aryl methyl sites for hydroxylation is 3. The summed E-state index contributed by atoms with van der Waals surface area (Å²) in [5.74, 6) is 1.01. The lowest BCUT2D eigenvalue weighted by atomic mass is 10.0. The van der Waals surface area contributed by atoms with Gasteiger partial charge in [0.15, 0.2) is 0 Å². The molecule has 0 radical (unpaired) electrons. The molecule has 0 aliphatic rings. The van der Waals surface area contributed by atoms with E-state index >= 15 is 0 Å². The summed E-state index contributed by atoms with van der Waals surface area (Å²) in [7, 11) is 0. The lowest BCUT2D eigenvalue weighted by Crippen LogP contribution is -2.11. The van der Waals surface area contributed by atoms with E-state index in [0.29, 0.717) is 0 Å². The molecule has 17 heavy (non-hydrogen) atoms. The van der Waals surface area contributed by atoms with Gasteiger partial charge in [-0.15, -0.1) is 0 Å². The number of halogens is 1. The number of hydrogen-bond acceptors (Lipinski definition) is 2. The first-order valence-corrected chi connectivity index (χ1v) is 6.32. The van der Waals surface area contributed by atoms with E-state index in [1.165, 1.54) is 5.56 Å². The molecule has 2 nitrogen and oxygen atoms in total. The minimum Gasteiger partial charge on any atom is -0.459 e. The van der Waals surface area contributed by atoms with Gasteiger partial charge in [0.25, 0.3) is 0 Å². The van der Waals surface area contributed by atoms with Gasteiger partial charge in [0, 0.05) is 10.4 Å². The van der Waals surface area contributed by atoms with E-state index in [0.717, 1.165) is 46.0 Å². The van der Waals surface area contributed by atoms with Crippen LogP contribution in [0.1, 0.15) is 29.4 Å². The van der Waals surface area contributed by atoms with E-state index in [-0.39, 0.29) is 0 Å². The molecular weight excluding hydrogens is 234 g/mol. The van der Waals surface area contributed by atoms with Crippen LogP contribution in [0.3, 0.4) is 0 Å². The first-order chi connectivity index (χ1) is 8.06. The zero-order valence-electron chi connectivity index (χ0n) is 10.8. The quantitative estimate of drug-likeness (QED) is 0.888. The van der Waals surface area contributed by atoms with Crippen LogP contribution >= 0.6 is 11.6 Å². The largest absolute Gasteiger partial charge is 0.459 e. The molecule has 0 unspecified atom stereocenters. The predicted octanol–water partition coefficient (Wildman–Crippen LogP) is 4.12. The Morgan fingerprint density at radius 1 is 1.24 bits per heavy atom. The number of fused-ring (bicyclic) bond motifs is 1. The summed E-state index contributed by atoms with van der Waals surface area (Å²) in [6.07, 6.45) is 0. The molecule has 92 valence electrons. The Labute approximate surface area is 107 Å². The van der Waals surface area contributed by atoms with Crippen molar-refractivity contribution in [2.75, 3.05) is 6.54 Å². The molecule has 0 atom stereocenters. The average molecular weight is 252 g/mol. The third-order valence-corrected chi connectivity index (χ3v) is 3.79. The number of benzene rings is 1. The van der Waals surface area contributed by atoms with Crippen LogP contribution in [0.5, 0.6) is 0 Å². The molecule has 0 saturated heterocycles. The zero-order chi connectivity index (χ0) is 12.6. The number of furan rings is 1. The summed E-state index contributed by atoms with van der Waals surface area (Å²) in [6, 6.07) is 2.02. The van der Waals surface area contributed by atoms with E-state index in [9.17, 15) is 0 Å². The van der Waals surface area contributed by atoms with E-state index in [1.54, 1.807) is 0 Å². The fraction of sp³-hybridized carbons (Fsp3) is 0.429. The highest BCUT2D eigenvalue weighted by Crippen LogP contribution is 2.34. The normalized spacial score (nSPS) is 11.4. The summed E-state index contributed by atoms with van der Waals surface area (Å²) in [5, 5.41) is 5.29. The fourth-order valence-corrected chi connectivity index (χ4v) is 2.37. The van der Waals surface area contributed by atoms with E-state index in [2.05, 4.69) is 26.1 Å². The molecule has 0 spiro atoms. The molecule has 0 fully saturated rings. The molecule has 0 bridgehead atoms. The van der Waals surface area contributed by atoms with Crippen molar-refractivity contribution in [1.29, 1.82) is 0 Å². The molecule has 2 rings (SSSR count). The summed E-state index contributed by atoms with van der Waals surface area (Å²) in [5.41, 5.74) is 4.32. The molecular formula is C14H18ClNO. The second kappa shape index (κ2) is 4.71. The molecule has 1 aromatic carbocycles. The highest BCUT2D eigenvalue weighted by molar-refractivity contribution is 6.33. The third kappa shape index (κ3) is 2.07. The fourth-order valence-electron chi connectivity index (χ4n) is 2.22. The monoisotopic (exact) mass is 251 g/mol. The van der Waals surface area contributed by atoms with Crippen LogP contribution < -0.4 is 5.32 Å². The molecule has 0 amide bonds. The van der Waals surface area contributed by atoms with E-state index in [1.807, 2.05) is 13.0 Å². The SMILES string of the molecule is CCNCc1oc2cc(C)c(Cl)c(C)c2c1C. The van der Waals surface area contributed by atoms with Gasteiger partial charge in [0.1, 0.15) is 11.3 Å². The van der Waals surface area contributed by atoms with E-state index in [4.69, 9.17) is 16.0 Å². The maximum atomic E-state index is 6.28. The Bertz CT molecular complexity index is 557. The van der Waals surface area contributed by atoms with Crippen molar-refractivity contribution in [2.45, 2.75) is 34.2 Å². The second-order valence-corrected chi connectivity index (χ2v) is 4.81. The lowest BCUT2D eigenvalue weighted by Gasteiger charge is -2.03. The van der Waals surface area contributed by atoms with Crippen LogP contribution in [0.15, 0.2) is 10.5 Å². The Morgan fingerprint density at radius 3 is 2.59 bits per heavy atom. The van der Waals surface area contributed by atoms with Gasteiger partial charge >= 0.3 is 0 Å². The minimum atomic E-state index is 0.771. The molecule has 3 heteroatoms. The van der Waals surface area contributed by atoms with Crippen LogP contribution in [-0.4, -0.2) is 6.54 Å². The smallest absolute Gasteiger partial charge is 0.135 e. The van der Waals surface area contributed by atoms with Gasteiger partial charge in [-0.3, -0.25) is 0 Å². The molecule has 0 aliphatic heterocycles. The van der Waals surface area contributed by atoms with Crippen molar-refractivity contribution in [3.8, 4) is 0 Å². The molecule has 0 saturated carbocycles. The van der Waals surface area contributed by atoms with Gasteiger partial charge in [0.05, 0.1) is 6.54 Å². The predicted molar refractivity (Wildman–Crippen MR) is 72.8 cm³/mol. The first kappa shape index (κ1) is 12.5. The van der Waals surface area contributed by atoms with Crippen molar-refractivity contribution in [2.24, 2.45) is 0 Å². The molecule has 1 heterocycles. The van der Waals surface area contributed by atoms with Crippen LogP contribution in [0, 0.1) is 20.8 Å². The molecule has 0 aliphatic carbocycles. The van der Waals surface area contributed by atoms with Gasteiger partial charge in [-0.05, 0) is 50.1 Å². The highest BCUT2D eigenvalue weighted by Gasteiger charge is 2.15. The summed E-state index contributed by atoms with van der Waals surface area (Å²) in [6.45, 7) is 9.96. The molecule has 1 N–H and O–H groups in total. The van der Waals surface area contributed by atoms with Gasteiger partial charge in [-0.25, -0.2) is 0 Å². The highest BCUT2D eigenvalue weighted by atomic mass is 35.5. The Morgan fingerprint density at radius 2 is 1.94 bits per heavy atom. The maximum absolute atomic E-state index is 6.28. The maximum Gasteiger partial charge on any atom is 0.135 e. The Kier molecular flexibility index (Phi) is 3.45. The van der Waals surface area contributed by atoms with Crippen LogP contribution in [-0.2, 0) is 6.54 Å². The average Bonchev–Trinajstić information content (AvgIpc) is 2.60. The van der Waals surface area contributed by atoms with Crippen LogP contribution in [0.4, 0.5) is 0 Å². The van der Waals surface area contributed by atoms with Crippen molar-refractivity contribution in [1.82, 2.24) is 5.32 Å². The molecule has 2 aromatic rings. The number of hydrogen-bond donors (Lipinski definition) is 1. The summed E-state index contributed by atoms with van der Waals surface area (Å²) >= 11 is 6.28. The molecule has 1 aromatic heterocycles. The summed E-state index contributed by atoms with van der Waals surface area (Å²) in [4.78, 5) is 0. The van der Waals surface area contributed by atoms with Crippen molar-refractivity contribution >= 4 is 22.6 Å². The van der Waals surface area contributed by atoms with Crippen molar-refractivity contribution in [3.05, 3.63) is 33.5 Å². The lowest BCUT2D eigenvalue weighted by molar-refractivity contribution is 0.516. The topological polar surface area (TPSA) is 25.2 Å². The van der Waals surface area contributed by atoms with Gasteiger partial charge in [0.2, 0.25) is 0 Å². The second-order valence-electron chi connectivity index (χ2n) is 4.44. The number of nitrogens with one attached hydrogen (secondary N) is 1. The Balaban J connectivity index is 2.61. The minimum absolute atomic E-state index is 0.771. The van der Waals surface area contributed by atoms with Gasteiger partial charge in [-0.2, -0.15) is 0 Å². The van der Waals surface area contributed by atoms with Gasteiger partial charge < -0.3 is 9.73 Å². The Hall–Kier alpha value is -0.990. The van der Waals surface area contributed by atoms with Gasteiger partial charge in [-0.1, -0.05) is 18.5 Å². The van der Waals surface area contributed by atoms with Crippen LogP contribution in [0.25, 0.3) is 11.0 Å². The van der Waals surface area contributed by atoms with Crippen molar-refractivity contribution in [3.63, 3.8) is 0 Å². The van der Waals surface area contributed by atoms with Crippen LogP contribution in [0.2, 0.25) is 5.02 Å². The zero-order valence-corrected chi connectivity index (χ0v) is 11.5. The third-order valence-electron chi connectivity index (χ3n) is 3.21. The van der Waals surface area contributed by atoms with E-state index < -0.39 is 0 Å². The first-order valence-electron chi connectivity index (χ1n) is 5.94.